The Labute approximate surface area is 106 Å². The molecule has 0 N–H and O–H groups in total. The fourth-order valence-electron chi connectivity index (χ4n) is 2.56. The van der Waals surface area contributed by atoms with E-state index in [0.29, 0.717) is 0 Å². The van der Waals surface area contributed by atoms with Crippen molar-refractivity contribution in [1.29, 1.82) is 0 Å². The molecule has 3 rings (SSSR count). The van der Waals surface area contributed by atoms with E-state index in [2.05, 4.69) is 52.0 Å². The van der Waals surface area contributed by atoms with Crippen LogP contribution in [0.4, 0.5) is 0 Å². The summed E-state index contributed by atoms with van der Waals surface area (Å²) in [6, 6.07) is 8.95. The molecule has 1 aromatic heterocycles. The molecule has 0 atom stereocenters. The Bertz CT molecular complexity index is 670. The first-order valence-electron chi connectivity index (χ1n) is 5.98. The minimum Gasteiger partial charge on any atom is -0.135 e. The lowest BCUT2D eigenvalue weighted by Gasteiger charge is -2.03. The molecule has 0 radical (unpaired) electrons. The molecule has 0 aliphatic rings. The van der Waals surface area contributed by atoms with Crippen molar-refractivity contribution >= 4 is 31.5 Å². The summed E-state index contributed by atoms with van der Waals surface area (Å²) in [7, 11) is 0. The zero-order chi connectivity index (χ0) is 12.2. The van der Waals surface area contributed by atoms with E-state index in [0.717, 1.165) is 0 Å². The summed E-state index contributed by atoms with van der Waals surface area (Å²) in [5.74, 6) is 0. The Hall–Kier alpha value is -1.34. The van der Waals surface area contributed by atoms with Crippen molar-refractivity contribution in [3.8, 4) is 0 Å². The van der Waals surface area contributed by atoms with E-state index in [9.17, 15) is 0 Å². The minimum atomic E-state index is 1.39. The third-order valence-electron chi connectivity index (χ3n) is 3.58. The highest BCUT2D eigenvalue weighted by atomic mass is 32.1. The summed E-state index contributed by atoms with van der Waals surface area (Å²) in [6.45, 7) is 8.86. The molecule has 0 unspecified atom stereocenters. The Morgan fingerprint density at radius 2 is 0.941 bits per heavy atom. The lowest BCUT2D eigenvalue weighted by atomic mass is 10.0. The fourth-order valence-corrected chi connectivity index (χ4v) is 3.95. The largest absolute Gasteiger partial charge is 0.135 e. The molecule has 3 aromatic rings. The van der Waals surface area contributed by atoms with Gasteiger partial charge in [-0.15, -0.1) is 11.3 Å². The summed E-state index contributed by atoms with van der Waals surface area (Å²) in [5, 5.41) is 2.93. The molecule has 1 heterocycles. The summed E-state index contributed by atoms with van der Waals surface area (Å²) in [6.07, 6.45) is 0. The molecular weight excluding hydrogens is 224 g/mol. The van der Waals surface area contributed by atoms with Crippen molar-refractivity contribution in [3.05, 3.63) is 46.5 Å². The van der Waals surface area contributed by atoms with Crippen molar-refractivity contribution in [1.82, 2.24) is 0 Å². The third kappa shape index (κ3) is 1.42. The van der Waals surface area contributed by atoms with Crippen molar-refractivity contribution in [2.75, 3.05) is 0 Å². The first kappa shape index (κ1) is 10.8. The molecule has 1 heteroatoms. The van der Waals surface area contributed by atoms with Gasteiger partial charge < -0.3 is 0 Å². The molecular formula is C16H16S. The molecule has 0 aliphatic heterocycles. The van der Waals surface area contributed by atoms with Crippen LogP contribution in [0.1, 0.15) is 22.3 Å². The van der Waals surface area contributed by atoms with E-state index in [1.165, 1.54) is 42.4 Å². The molecule has 17 heavy (non-hydrogen) atoms. The van der Waals surface area contributed by atoms with Gasteiger partial charge in [0.2, 0.25) is 0 Å². The number of rotatable bonds is 0. The van der Waals surface area contributed by atoms with Crippen molar-refractivity contribution in [2.24, 2.45) is 0 Å². The predicted octanol–water partition coefficient (Wildman–Crippen LogP) is 5.29. The second-order valence-corrected chi connectivity index (χ2v) is 5.93. The number of thiophene rings is 1. The maximum atomic E-state index is 2.24. The minimum absolute atomic E-state index is 1.39. The maximum Gasteiger partial charge on any atom is 0.0387 e. The predicted molar refractivity (Wildman–Crippen MR) is 78.3 cm³/mol. The standard InChI is InChI=1S/C16H16S/c1-9-5-7-11(3)15-13(9)14-10(2)6-8-12(4)16(14)17-15/h5-8H,1-4H3. The molecule has 86 valence electrons. The molecule has 0 saturated carbocycles. The molecule has 0 bridgehead atoms. The molecule has 0 aliphatic carbocycles. The number of benzene rings is 2. The van der Waals surface area contributed by atoms with Crippen molar-refractivity contribution < 1.29 is 0 Å². The van der Waals surface area contributed by atoms with Gasteiger partial charge in [-0.05, 0) is 49.9 Å². The maximum absolute atomic E-state index is 2.24. The number of aryl methyl sites for hydroxylation is 4. The Morgan fingerprint density at radius 3 is 1.35 bits per heavy atom. The van der Waals surface area contributed by atoms with Crippen LogP contribution in [0.15, 0.2) is 24.3 Å². The third-order valence-corrected chi connectivity index (χ3v) is 5.04. The lowest BCUT2D eigenvalue weighted by molar-refractivity contribution is 1.47. The van der Waals surface area contributed by atoms with Crippen LogP contribution in [0.5, 0.6) is 0 Å². The van der Waals surface area contributed by atoms with Crippen LogP contribution in [0.25, 0.3) is 20.2 Å². The quantitative estimate of drug-likeness (QED) is 0.501. The van der Waals surface area contributed by atoms with Gasteiger partial charge in [-0.1, -0.05) is 24.3 Å². The van der Waals surface area contributed by atoms with Crippen LogP contribution in [-0.2, 0) is 0 Å². The summed E-state index contributed by atoms with van der Waals surface area (Å²) in [4.78, 5) is 0. The topological polar surface area (TPSA) is 0 Å². The van der Waals surface area contributed by atoms with Gasteiger partial charge in [0.05, 0.1) is 0 Å². The second kappa shape index (κ2) is 3.58. The smallest absolute Gasteiger partial charge is 0.0387 e. The highest BCUT2D eigenvalue weighted by Crippen LogP contribution is 2.40. The van der Waals surface area contributed by atoms with Gasteiger partial charge in [0.15, 0.2) is 0 Å². The van der Waals surface area contributed by atoms with Crippen LogP contribution in [-0.4, -0.2) is 0 Å². The van der Waals surface area contributed by atoms with E-state index in [4.69, 9.17) is 0 Å². The van der Waals surface area contributed by atoms with Gasteiger partial charge in [0.25, 0.3) is 0 Å². The van der Waals surface area contributed by atoms with Gasteiger partial charge in [0.1, 0.15) is 0 Å². The molecule has 0 saturated heterocycles. The highest BCUT2D eigenvalue weighted by molar-refractivity contribution is 7.26. The van der Waals surface area contributed by atoms with E-state index in [-0.39, 0.29) is 0 Å². The van der Waals surface area contributed by atoms with Crippen molar-refractivity contribution in [2.45, 2.75) is 27.7 Å². The molecule has 2 aromatic carbocycles. The van der Waals surface area contributed by atoms with Gasteiger partial charge in [-0.3, -0.25) is 0 Å². The van der Waals surface area contributed by atoms with Crippen molar-refractivity contribution in [3.63, 3.8) is 0 Å². The van der Waals surface area contributed by atoms with Gasteiger partial charge in [-0.25, -0.2) is 0 Å². The molecule has 0 fully saturated rings. The number of hydrogen-bond acceptors (Lipinski definition) is 1. The first-order chi connectivity index (χ1) is 8.09. The van der Waals surface area contributed by atoms with E-state index >= 15 is 0 Å². The summed E-state index contributed by atoms with van der Waals surface area (Å²) in [5.41, 5.74) is 5.58. The van der Waals surface area contributed by atoms with Crippen LogP contribution in [0.3, 0.4) is 0 Å². The molecule has 0 nitrogen and oxygen atoms in total. The summed E-state index contributed by atoms with van der Waals surface area (Å²) >= 11 is 1.94. The van der Waals surface area contributed by atoms with Gasteiger partial charge >= 0.3 is 0 Å². The van der Waals surface area contributed by atoms with Crippen LogP contribution in [0.2, 0.25) is 0 Å². The number of fused-ring (bicyclic) bond motifs is 3. The monoisotopic (exact) mass is 240 g/mol. The molecule has 0 amide bonds. The van der Waals surface area contributed by atoms with Gasteiger partial charge in [0, 0.05) is 20.2 Å². The zero-order valence-corrected chi connectivity index (χ0v) is 11.5. The first-order valence-corrected chi connectivity index (χ1v) is 6.80. The van der Waals surface area contributed by atoms with Crippen LogP contribution < -0.4 is 0 Å². The van der Waals surface area contributed by atoms with E-state index in [1.807, 2.05) is 11.3 Å². The van der Waals surface area contributed by atoms with E-state index < -0.39 is 0 Å². The number of hydrogen-bond donors (Lipinski definition) is 0. The average Bonchev–Trinajstić information content (AvgIpc) is 2.71. The zero-order valence-electron chi connectivity index (χ0n) is 10.7. The van der Waals surface area contributed by atoms with Crippen LogP contribution in [0, 0.1) is 27.7 Å². The Balaban J connectivity index is 2.69. The lowest BCUT2D eigenvalue weighted by Crippen LogP contribution is -1.81. The summed E-state index contributed by atoms with van der Waals surface area (Å²) < 4.78 is 2.91. The SMILES string of the molecule is Cc1ccc(C)c2c1sc1c(C)ccc(C)c12. The second-order valence-electron chi connectivity index (χ2n) is 4.91. The highest BCUT2D eigenvalue weighted by Gasteiger charge is 2.12. The Kier molecular flexibility index (Phi) is 2.27. The van der Waals surface area contributed by atoms with Crippen LogP contribution >= 0.6 is 11.3 Å². The average molecular weight is 240 g/mol. The Morgan fingerprint density at radius 1 is 0.588 bits per heavy atom. The van der Waals surface area contributed by atoms with E-state index in [1.54, 1.807) is 0 Å². The molecule has 0 spiro atoms. The normalized spacial score (nSPS) is 11.5. The fraction of sp³-hybridized carbons (Fsp3) is 0.250. The van der Waals surface area contributed by atoms with Gasteiger partial charge in [-0.2, -0.15) is 0 Å².